The second-order valence-corrected chi connectivity index (χ2v) is 8.33. The topological polar surface area (TPSA) is 203 Å². The lowest BCUT2D eigenvalue weighted by Crippen LogP contribution is -2.30. The van der Waals surface area contributed by atoms with E-state index in [0.717, 1.165) is 11.6 Å². The van der Waals surface area contributed by atoms with Crippen molar-refractivity contribution >= 4 is 46.0 Å². The van der Waals surface area contributed by atoms with E-state index in [1.165, 1.54) is 33.3 Å². The van der Waals surface area contributed by atoms with E-state index in [1.54, 1.807) is 11.0 Å². The molecule has 3 rings (SSSR count). The molecule has 0 bridgehead atoms. The van der Waals surface area contributed by atoms with Gasteiger partial charge in [0.1, 0.15) is 24.1 Å². The van der Waals surface area contributed by atoms with Crippen molar-refractivity contribution in [3.8, 4) is 11.8 Å². The number of carbonyl (C=O) groups is 2. The van der Waals surface area contributed by atoms with Gasteiger partial charge in [-0.25, -0.2) is 0 Å². The molecule has 0 unspecified atom stereocenters. The number of carbonyl (C=O) groups excluding carboxylic acids is 2. The minimum Gasteiger partial charge on any atom is -0.494 e. The Morgan fingerprint density at radius 1 is 1.05 bits per heavy atom. The van der Waals surface area contributed by atoms with Gasteiger partial charge in [-0.2, -0.15) is 5.26 Å². The molecule has 0 aliphatic carbocycles. The Labute approximate surface area is 232 Å². The van der Waals surface area contributed by atoms with E-state index in [9.17, 15) is 35.1 Å². The number of hydrogen-bond donors (Lipinski definition) is 1. The van der Waals surface area contributed by atoms with Crippen molar-refractivity contribution in [1.82, 2.24) is 0 Å². The minimum atomic E-state index is -0.922. The first-order chi connectivity index (χ1) is 19.6. The monoisotopic (exact) mass is 561 g/mol. The van der Waals surface area contributed by atoms with Crippen molar-refractivity contribution in [2.75, 3.05) is 31.0 Å². The number of nitrogens with zero attached hydrogens (tertiary/aromatic N) is 6. The number of anilines is 2. The molecule has 1 N–H and O–H groups in total. The molecule has 0 atom stereocenters. The zero-order valence-corrected chi connectivity index (χ0v) is 22.1. The first-order valence-corrected chi connectivity index (χ1v) is 11.7. The van der Waals surface area contributed by atoms with Crippen LogP contribution in [0.15, 0.2) is 64.8 Å². The summed E-state index contributed by atoms with van der Waals surface area (Å²) in [5.74, 6) is -0.826. The summed E-state index contributed by atoms with van der Waals surface area (Å²) >= 11 is 0. The molecule has 1 amide bonds. The Kier molecular flexibility index (Phi) is 9.57. The maximum atomic E-state index is 12.3. The van der Waals surface area contributed by atoms with Gasteiger partial charge >= 0.3 is 11.7 Å². The van der Waals surface area contributed by atoms with Crippen LogP contribution in [0.1, 0.15) is 18.1 Å². The molecule has 0 aromatic heterocycles. The number of non-ortho nitro benzene ring substituents is 1. The highest BCUT2D eigenvalue weighted by Gasteiger charge is 2.25. The summed E-state index contributed by atoms with van der Waals surface area (Å²) in [7, 11) is 2.62. The van der Waals surface area contributed by atoms with Gasteiger partial charge < -0.3 is 19.7 Å². The summed E-state index contributed by atoms with van der Waals surface area (Å²) in [6.07, 6.45) is 0. The molecule has 0 aliphatic heterocycles. The molecule has 0 saturated carbocycles. The van der Waals surface area contributed by atoms with E-state index < -0.39 is 44.3 Å². The van der Waals surface area contributed by atoms with Crippen LogP contribution in [0.3, 0.4) is 0 Å². The quantitative estimate of drug-likeness (QED) is 0.144. The molecule has 3 aromatic carbocycles. The first-order valence-electron chi connectivity index (χ1n) is 11.7. The zero-order chi connectivity index (χ0) is 30.1. The van der Waals surface area contributed by atoms with Gasteiger partial charge in [-0.3, -0.25) is 29.8 Å². The normalized spacial score (nSPS) is 10.5. The molecular weight excluding hydrogens is 538 g/mol. The van der Waals surface area contributed by atoms with E-state index in [4.69, 9.17) is 9.47 Å². The highest BCUT2D eigenvalue weighted by Crippen LogP contribution is 2.42. The maximum absolute atomic E-state index is 12.3. The molecule has 0 heterocycles. The number of nitriles is 1. The minimum absolute atomic E-state index is 0.0185. The van der Waals surface area contributed by atoms with E-state index in [0.29, 0.717) is 11.8 Å². The van der Waals surface area contributed by atoms with Gasteiger partial charge in [0.2, 0.25) is 5.91 Å². The van der Waals surface area contributed by atoms with Crippen LogP contribution in [-0.2, 0) is 20.9 Å². The molecular formula is C26H23N7O8. The highest BCUT2D eigenvalue weighted by atomic mass is 16.6. The highest BCUT2D eigenvalue weighted by molar-refractivity contribution is 5.94. The maximum Gasteiger partial charge on any atom is 0.325 e. The van der Waals surface area contributed by atoms with E-state index in [1.807, 2.05) is 30.3 Å². The second-order valence-electron chi connectivity index (χ2n) is 8.33. The van der Waals surface area contributed by atoms with Gasteiger partial charge in [0.15, 0.2) is 5.69 Å². The van der Waals surface area contributed by atoms with Crippen LogP contribution in [0.4, 0.5) is 34.1 Å². The van der Waals surface area contributed by atoms with Crippen molar-refractivity contribution < 1.29 is 28.9 Å². The molecule has 210 valence electrons. The van der Waals surface area contributed by atoms with Crippen molar-refractivity contribution in [2.45, 2.75) is 13.5 Å². The second kappa shape index (κ2) is 13.2. The molecule has 15 heteroatoms. The summed E-state index contributed by atoms with van der Waals surface area (Å²) in [5.41, 5.74) is -1.13. The van der Waals surface area contributed by atoms with Gasteiger partial charge in [0.25, 0.3) is 5.69 Å². The third kappa shape index (κ3) is 7.35. The number of esters is 1. The number of rotatable bonds is 11. The molecule has 0 radical (unpaired) electrons. The van der Waals surface area contributed by atoms with Crippen LogP contribution in [0.25, 0.3) is 0 Å². The summed E-state index contributed by atoms with van der Waals surface area (Å²) in [6, 6.07) is 15.3. The summed E-state index contributed by atoms with van der Waals surface area (Å²) in [4.78, 5) is 46.9. The molecule has 0 saturated heterocycles. The van der Waals surface area contributed by atoms with E-state index in [-0.39, 0.29) is 30.2 Å². The number of methoxy groups -OCH3 is 2. The van der Waals surface area contributed by atoms with E-state index in [2.05, 4.69) is 15.5 Å². The number of nitrogens with one attached hydrogen (secondary N) is 1. The SMILES string of the molecule is COC(=O)CN(Cc1ccccc1)c1cc(NC(C)=O)c(N=Nc2c(C#N)cc([N+](=O)[O-])cc2[N+](=O)[O-])cc1OC. The standard InChI is InChI=1S/C26H23N7O8/c1-16(34)28-20-11-22(31(15-25(35)41-3)14-17-7-5-4-6-8-17)24(40-2)12-21(20)29-30-26-18(13-27)9-19(32(36)37)10-23(26)33(38)39/h4-12H,14-15H2,1-3H3,(H,28,34). The molecule has 41 heavy (non-hydrogen) atoms. The Hall–Kier alpha value is -5.91. The van der Waals surface area contributed by atoms with Gasteiger partial charge in [0, 0.05) is 25.6 Å². The lowest BCUT2D eigenvalue weighted by molar-refractivity contribution is -0.393. The number of benzene rings is 3. The van der Waals surface area contributed by atoms with Crippen molar-refractivity contribution in [3.05, 3.63) is 86.0 Å². The van der Waals surface area contributed by atoms with Crippen LogP contribution in [0.2, 0.25) is 0 Å². The predicted octanol–water partition coefficient (Wildman–Crippen LogP) is 4.94. The van der Waals surface area contributed by atoms with Crippen LogP contribution in [0, 0.1) is 31.6 Å². The van der Waals surface area contributed by atoms with Crippen molar-refractivity contribution in [2.24, 2.45) is 10.2 Å². The van der Waals surface area contributed by atoms with Crippen LogP contribution >= 0.6 is 0 Å². The first kappa shape index (κ1) is 29.6. The Morgan fingerprint density at radius 3 is 2.32 bits per heavy atom. The number of ether oxygens (including phenoxy) is 2. The molecule has 0 fully saturated rings. The van der Waals surface area contributed by atoms with Crippen molar-refractivity contribution in [3.63, 3.8) is 0 Å². The largest absolute Gasteiger partial charge is 0.494 e. The summed E-state index contributed by atoms with van der Waals surface area (Å²) in [5, 5.41) is 42.8. The van der Waals surface area contributed by atoms with Gasteiger partial charge in [-0.15, -0.1) is 10.2 Å². The molecule has 0 aliphatic rings. The molecule has 3 aromatic rings. The lowest BCUT2D eigenvalue weighted by atomic mass is 10.1. The average Bonchev–Trinajstić information content (AvgIpc) is 2.95. The number of amides is 1. The molecule has 0 spiro atoms. The number of nitro groups is 2. The fourth-order valence-corrected chi connectivity index (χ4v) is 3.73. The van der Waals surface area contributed by atoms with Crippen LogP contribution in [-0.4, -0.2) is 42.5 Å². The number of azo groups is 1. The average molecular weight is 562 g/mol. The van der Waals surface area contributed by atoms with Crippen LogP contribution in [0.5, 0.6) is 5.75 Å². The Morgan fingerprint density at radius 2 is 1.76 bits per heavy atom. The van der Waals surface area contributed by atoms with Gasteiger partial charge in [0.05, 0.1) is 47.1 Å². The zero-order valence-electron chi connectivity index (χ0n) is 22.1. The van der Waals surface area contributed by atoms with E-state index >= 15 is 0 Å². The third-order valence-corrected chi connectivity index (χ3v) is 5.57. The summed E-state index contributed by atoms with van der Waals surface area (Å²) < 4.78 is 10.4. The fraction of sp³-hybridized carbons (Fsp3) is 0.192. The summed E-state index contributed by atoms with van der Waals surface area (Å²) in [6.45, 7) is 1.33. The fourth-order valence-electron chi connectivity index (χ4n) is 3.73. The Balaban J connectivity index is 2.18. The van der Waals surface area contributed by atoms with Gasteiger partial charge in [-0.05, 0) is 11.6 Å². The number of nitro benzene ring substituents is 2. The van der Waals surface area contributed by atoms with Crippen molar-refractivity contribution in [1.29, 1.82) is 5.26 Å². The number of hydrogen-bond acceptors (Lipinski definition) is 12. The smallest absolute Gasteiger partial charge is 0.325 e. The molecule has 15 nitrogen and oxygen atoms in total. The Bertz CT molecular complexity index is 1570. The lowest BCUT2D eigenvalue weighted by Gasteiger charge is -2.26. The third-order valence-electron chi connectivity index (χ3n) is 5.57. The predicted molar refractivity (Wildman–Crippen MR) is 145 cm³/mol. The van der Waals surface area contributed by atoms with Gasteiger partial charge in [-0.1, -0.05) is 30.3 Å². The van der Waals surface area contributed by atoms with Crippen LogP contribution < -0.4 is 15.0 Å².